The molecule has 0 aliphatic carbocycles. The quantitative estimate of drug-likeness (QED) is 0.355. The molecule has 0 fully saturated rings. The zero-order chi connectivity index (χ0) is 23.5. The van der Waals surface area contributed by atoms with Crippen molar-refractivity contribution >= 4 is 62.2 Å². The summed E-state index contributed by atoms with van der Waals surface area (Å²) in [4.78, 5) is 30.6. The molecule has 33 heavy (non-hydrogen) atoms. The number of carbonyl (C=O) groups excluding carboxylic acids is 1. The number of thiophene rings is 1. The fraction of sp³-hybridized carbons (Fsp3) is 0.136. The van der Waals surface area contributed by atoms with Crippen LogP contribution >= 0.6 is 22.9 Å². The Kier molecular flexibility index (Phi) is 6.77. The first-order valence-electron chi connectivity index (χ1n) is 9.97. The van der Waals surface area contributed by atoms with E-state index in [1.54, 1.807) is 24.3 Å². The monoisotopic (exact) mass is 501 g/mol. The smallest absolute Gasteiger partial charge is 0.331 e. The van der Waals surface area contributed by atoms with Gasteiger partial charge < -0.3 is 10.6 Å². The lowest BCUT2D eigenvalue weighted by molar-refractivity contribution is 0.257. The largest absolute Gasteiger partial charge is 0.385 e. The van der Waals surface area contributed by atoms with Crippen LogP contribution in [0.4, 0.5) is 16.2 Å². The minimum Gasteiger partial charge on any atom is -0.385 e. The number of rotatable bonds is 6. The van der Waals surface area contributed by atoms with Crippen molar-refractivity contribution in [2.75, 3.05) is 17.2 Å². The number of benzene rings is 2. The Morgan fingerprint density at radius 3 is 2.64 bits per heavy atom. The molecule has 0 spiro atoms. The highest BCUT2D eigenvalue weighted by Gasteiger charge is 2.13. The van der Waals surface area contributed by atoms with E-state index in [9.17, 15) is 13.8 Å². The van der Waals surface area contributed by atoms with Gasteiger partial charge in [0.05, 0.1) is 21.6 Å². The van der Waals surface area contributed by atoms with Gasteiger partial charge in [0.1, 0.15) is 10.5 Å². The number of carbonyl (C=O) groups is 1. The van der Waals surface area contributed by atoms with Gasteiger partial charge in [-0.2, -0.15) is 0 Å². The maximum Gasteiger partial charge on any atom is 0.331 e. The minimum atomic E-state index is -1.66. The summed E-state index contributed by atoms with van der Waals surface area (Å²) in [6, 6.07) is 13.0. The summed E-state index contributed by atoms with van der Waals surface area (Å²) in [5.41, 5.74) is 2.02. The van der Waals surface area contributed by atoms with Gasteiger partial charge in [-0.15, -0.1) is 11.3 Å². The predicted molar refractivity (Wildman–Crippen MR) is 134 cm³/mol. The number of anilines is 2. The zero-order valence-electron chi connectivity index (χ0n) is 17.7. The molecule has 0 radical (unpaired) electrons. The van der Waals surface area contributed by atoms with Gasteiger partial charge in [-0.25, -0.2) is 14.0 Å². The van der Waals surface area contributed by atoms with Crippen molar-refractivity contribution in [3.05, 3.63) is 75.1 Å². The number of amides is 2. The number of fused-ring (bicyclic) bond motifs is 1. The zero-order valence-corrected chi connectivity index (χ0v) is 20.1. The van der Waals surface area contributed by atoms with E-state index in [0.29, 0.717) is 26.5 Å². The van der Waals surface area contributed by atoms with E-state index < -0.39 is 17.0 Å². The third kappa shape index (κ3) is 5.08. The second-order valence-electron chi connectivity index (χ2n) is 7.04. The van der Waals surface area contributed by atoms with Crippen LogP contribution in [0.5, 0.6) is 0 Å². The maximum absolute atomic E-state index is 13.0. The molecule has 170 valence electrons. The predicted octanol–water partition coefficient (Wildman–Crippen LogP) is 4.69. The van der Waals surface area contributed by atoms with Crippen LogP contribution in [0, 0.1) is 6.92 Å². The Labute approximate surface area is 201 Å². The Bertz CT molecular complexity index is 1430. The molecule has 2 aromatic heterocycles. The van der Waals surface area contributed by atoms with Crippen molar-refractivity contribution in [2.24, 2.45) is 0 Å². The van der Waals surface area contributed by atoms with Crippen molar-refractivity contribution in [1.82, 2.24) is 14.3 Å². The maximum atomic E-state index is 13.0. The molecule has 3 N–H and O–H groups in total. The van der Waals surface area contributed by atoms with Crippen LogP contribution in [0.3, 0.4) is 0 Å². The second-order valence-corrected chi connectivity index (χ2v) is 10.2. The molecule has 1 unspecified atom stereocenters. The Morgan fingerprint density at radius 1 is 1.15 bits per heavy atom. The van der Waals surface area contributed by atoms with Gasteiger partial charge in [0.15, 0.2) is 11.0 Å². The molecular formula is C22H20ClN5O3S2. The molecule has 0 bridgehead atoms. The van der Waals surface area contributed by atoms with Gasteiger partial charge in [0, 0.05) is 22.8 Å². The Hall–Kier alpha value is -3.21. The van der Waals surface area contributed by atoms with Gasteiger partial charge in [0.25, 0.3) is 5.56 Å². The van der Waals surface area contributed by atoms with Gasteiger partial charge in [-0.3, -0.25) is 14.1 Å². The van der Waals surface area contributed by atoms with Crippen molar-refractivity contribution in [3.63, 3.8) is 0 Å². The molecule has 11 heteroatoms. The van der Waals surface area contributed by atoms with E-state index in [2.05, 4.69) is 20.3 Å². The van der Waals surface area contributed by atoms with Crippen LogP contribution < -0.4 is 20.9 Å². The first kappa shape index (κ1) is 23.0. The lowest BCUT2D eigenvalue weighted by Crippen LogP contribution is -2.30. The first-order valence-corrected chi connectivity index (χ1v) is 12.3. The van der Waals surface area contributed by atoms with Crippen LogP contribution in [-0.4, -0.2) is 26.3 Å². The summed E-state index contributed by atoms with van der Waals surface area (Å²) in [7, 11) is -1.66. The molecule has 0 aliphatic heterocycles. The average molecular weight is 502 g/mol. The standard InChI is InChI=1S/C22H20ClN5O3S2/c1-3-24-14-5-7-16-18(11-14)25-12-28(21(16)29)19-8-6-15(10-17(19)23)26-22(30)27-33(31)20-9-4-13(2)32-20/h4-12,24H,3H2,1-2H3,(H2,26,27,30). The van der Waals surface area contributed by atoms with E-state index >= 15 is 0 Å². The highest BCUT2D eigenvalue weighted by molar-refractivity contribution is 7.86. The molecule has 4 rings (SSSR count). The lowest BCUT2D eigenvalue weighted by Gasteiger charge is -2.12. The number of hydrogen-bond donors (Lipinski definition) is 3. The summed E-state index contributed by atoms with van der Waals surface area (Å²) in [6.45, 7) is 4.65. The number of aryl methyl sites for hydroxylation is 1. The number of halogens is 1. The summed E-state index contributed by atoms with van der Waals surface area (Å²) in [5, 5.41) is 6.50. The van der Waals surface area contributed by atoms with Crippen molar-refractivity contribution in [1.29, 1.82) is 0 Å². The Morgan fingerprint density at radius 2 is 1.94 bits per heavy atom. The molecule has 2 aromatic carbocycles. The van der Waals surface area contributed by atoms with Crippen LogP contribution in [-0.2, 0) is 11.0 Å². The van der Waals surface area contributed by atoms with E-state index in [-0.39, 0.29) is 10.6 Å². The van der Waals surface area contributed by atoms with Gasteiger partial charge in [0.2, 0.25) is 0 Å². The van der Waals surface area contributed by atoms with Gasteiger partial charge in [-0.1, -0.05) is 11.6 Å². The summed E-state index contributed by atoms with van der Waals surface area (Å²) >= 11 is 7.76. The van der Waals surface area contributed by atoms with Gasteiger partial charge >= 0.3 is 6.03 Å². The SMILES string of the molecule is CCNc1ccc2c(=O)n(-c3ccc(NC(=O)NS(=O)c4ccc(C)s4)cc3Cl)cnc2c1. The van der Waals surface area contributed by atoms with E-state index in [0.717, 1.165) is 17.1 Å². The average Bonchev–Trinajstić information content (AvgIpc) is 3.21. The molecule has 0 saturated heterocycles. The molecule has 2 amide bonds. The van der Waals surface area contributed by atoms with E-state index in [4.69, 9.17) is 11.6 Å². The number of urea groups is 1. The molecule has 1 atom stereocenters. The molecule has 8 nitrogen and oxygen atoms in total. The topological polar surface area (TPSA) is 105 Å². The van der Waals surface area contributed by atoms with Crippen LogP contribution in [0.25, 0.3) is 16.6 Å². The van der Waals surface area contributed by atoms with Crippen LogP contribution in [0.15, 0.2) is 63.9 Å². The van der Waals surface area contributed by atoms with Crippen molar-refractivity contribution in [3.8, 4) is 5.69 Å². The number of nitrogens with one attached hydrogen (secondary N) is 3. The first-order chi connectivity index (χ1) is 15.9. The third-order valence-corrected chi connectivity index (χ3v) is 7.36. The molecular weight excluding hydrogens is 482 g/mol. The molecule has 2 heterocycles. The van der Waals surface area contributed by atoms with Crippen LogP contribution in [0.2, 0.25) is 5.02 Å². The molecule has 0 saturated carbocycles. The van der Waals surface area contributed by atoms with Gasteiger partial charge in [-0.05, 0) is 62.4 Å². The van der Waals surface area contributed by atoms with Crippen molar-refractivity contribution in [2.45, 2.75) is 18.1 Å². The number of aromatic nitrogens is 2. The second kappa shape index (κ2) is 9.74. The van der Waals surface area contributed by atoms with E-state index in [1.165, 1.54) is 28.3 Å². The molecule has 4 aromatic rings. The third-order valence-electron chi connectivity index (χ3n) is 4.69. The van der Waals surface area contributed by atoms with Crippen LogP contribution in [0.1, 0.15) is 11.8 Å². The highest BCUT2D eigenvalue weighted by atomic mass is 35.5. The van der Waals surface area contributed by atoms with Crippen molar-refractivity contribution < 1.29 is 9.00 Å². The summed E-state index contributed by atoms with van der Waals surface area (Å²) < 4.78 is 16.5. The number of nitrogens with zero attached hydrogens (tertiary/aromatic N) is 2. The number of hydrogen-bond acceptors (Lipinski definition) is 6. The normalized spacial score (nSPS) is 11.8. The summed E-state index contributed by atoms with van der Waals surface area (Å²) in [5.74, 6) is 0. The lowest BCUT2D eigenvalue weighted by atomic mass is 10.2. The molecule has 0 aliphatic rings. The Balaban J connectivity index is 1.53. The summed E-state index contributed by atoms with van der Waals surface area (Å²) in [6.07, 6.45) is 1.42. The van der Waals surface area contributed by atoms with E-state index in [1.807, 2.05) is 32.0 Å². The fourth-order valence-electron chi connectivity index (χ4n) is 3.19. The minimum absolute atomic E-state index is 0.246. The fourth-order valence-corrected chi connectivity index (χ4v) is 5.38. The highest BCUT2D eigenvalue weighted by Crippen LogP contribution is 2.24.